The van der Waals surface area contributed by atoms with Gasteiger partial charge in [-0.25, -0.2) is 4.39 Å². The molecule has 1 aromatic carbocycles. The van der Waals surface area contributed by atoms with Gasteiger partial charge in [0.1, 0.15) is 11.6 Å². The number of hydrogen-bond donors (Lipinski definition) is 1. The van der Waals surface area contributed by atoms with Crippen molar-refractivity contribution < 1.29 is 18.7 Å². The molecule has 22 heavy (non-hydrogen) atoms. The first kappa shape index (κ1) is 16.5. The summed E-state index contributed by atoms with van der Waals surface area (Å²) in [5, 5.41) is 0.132. The molecule has 0 spiro atoms. The van der Waals surface area contributed by atoms with Crippen LogP contribution >= 0.6 is 11.6 Å². The smallest absolute Gasteiger partial charge is 0.260 e. The summed E-state index contributed by atoms with van der Waals surface area (Å²) < 4.78 is 18.3. The lowest BCUT2D eigenvalue weighted by Crippen LogP contribution is -2.41. The molecule has 7 heteroatoms. The highest BCUT2D eigenvalue weighted by atomic mass is 35.5. The molecule has 0 saturated carbocycles. The van der Waals surface area contributed by atoms with Crippen molar-refractivity contribution >= 4 is 23.4 Å². The Hall–Kier alpha value is -1.82. The predicted molar refractivity (Wildman–Crippen MR) is 80.0 cm³/mol. The molecule has 5 nitrogen and oxygen atoms in total. The van der Waals surface area contributed by atoms with Crippen LogP contribution in [0, 0.1) is 11.7 Å². The number of carbonyl (C=O) groups is 2. The number of carbonyl (C=O) groups excluding carboxylic acids is 2. The van der Waals surface area contributed by atoms with E-state index in [1.54, 1.807) is 4.90 Å². The standard InChI is InChI=1S/C15H18ClFN2O3/c16-12-8-11(17)1-2-13(12)22-9-15(21)19-5-3-10(4-6-19)7-14(18)20/h1-2,8,10H,3-7,9H2,(H2,18,20). The second kappa shape index (κ2) is 7.45. The molecular formula is C15H18ClFN2O3. The number of benzene rings is 1. The normalized spacial score (nSPS) is 15.6. The zero-order chi connectivity index (χ0) is 16.1. The summed E-state index contributed by atoms with van der Waals surface area (Å²) in [5.74, 6) is -0.397. The maximum atomic E-state index is 12.9. The Bertz CT molecular complexity index is 560. The van der Waals surface area contributed by atoms with Gasteiger partial charge in [-0.3, -0.25) is 9.59 Å². The summed E-state index contributed by atoms with van der Waals surface area (Å²) in [7, 11) is 0. The van der Waals surface area contributed by atoms with Crippen LogP contribution in [-0.4, -0.2) is 36.4 Å². The lowest BCUT2D eigenvalue weighted by molar-refractivity contribution is -0.134. The van der Waals surface area contributed by atoms with Gasteiger partial charge in [0.25, 0.3) is 5.91 Å². The fraction of sp³-hybridized carbons (Fsp3) is 0.467. The van der Waals surface area contributed by atoms with Gasteiger partial charge in [0.15, 0.2) is 6.61 Å². The van der Waals surface area contributed by atoms with Crippen molar-refractivity contribution in [1.82, 2.24) is 4.90 Å². The lowest BCUT2D eigenvalue weighted by atomic mass is 9.93. The summed E-state index contributed by atoms with van der Waals surface area (Å²) in [6.45, 7) is 1.01. The second-order valence-corrected chi connectivity index (χ2v) is 5.77. The molecule has 1 aliphatic rings. The van der Waals surface area contributed by atoms with E-state index in [9.17, 15) is 14.0 Å². The maximum Gasteiger partial charge on any atom is 0.260 e. The van der Waals surface area contributed by atoms with E-state index in [2.05, 4.69) is 0 Å². The number of amides is 2. The molecule has 1 fully saturated rings. The molecule has 0 radical (unpaired) electrons. The fourth-order valence-electron chi connectivity index (χ4n) is 2.49. The van der Waals surface area contributed by atoms with Crippen LogP contribution in [0.5, 0.6) is 5.75 Å². The third-order valence-electron chi connectivity index (χ3n) is 3.70. The lowest BCUT2D eigenvalue weighted by Gasteiger charge is -2.31. The van der Waals surface area contributed by atoms with E-state index in [-0.39, 0.29) is 35.1 Å². The van der Waals surface area contributed by atoms with Gasteiger partial charge in [0.2, 0.25) is 5.91 Å². The Kier molecular flexibility index (Phi) is 5.60. The van der Waals surface area contributed by atoms with Gasteiger partial charge in [-0.15, -0.1) is 0 Å². The summed E-state index contributed by atoms with van der Waals surface area (Å²) in [5.41, 5.74) is 5.18. The van der Waals surface area contributed by atoms with Gasteiger partial charge in [-0.05, 0) is 37.0 Å². The highest BCUT2D eigenvalue weighted by Crippen LogP contribution is 2.25. The molecule has 2 N–H and O–H groups in total. The molecule has 1 aromatic rings. The molecule has 0 bridgehead atoms. The molecule has 2 rings (SSSR count). The number of ether oxygens (including phenoxy) is 1. The molecule has 1 heterocycles. The average Bonchev–Trinajstić information content (AvgIpc) is 2.46. The summed E-state index contributed by atoms with van der Waals surface area (Å²) >= 11 is 5.83. The fourth-order valence-corrected chi connectivity index (χ4v) is 2.72. The van der Waals surface area contributed by atoms with Crippen molar-refractivity contribution in [3.8, 4) is 5.75 Å². The van der Waals surface area contributed by atoms with Crippen molar-refractivity contribution in [2.45, 2.75) is 19.3 Å². The van der Waals surface area contributed by atoms with Crippen molar-refractivity contribution in [3.05, 3.63) is 29.0 Å². The Labute approximate surface area is 133 Å². The molecule has 0 unspecified atom stereocenters. The quantitative estimate of drug-likeness (QED) is 0.898. The van der Waals surface area contributed by atoms with E-state index in [1.807, 2.05) is 0 Å². The number of primary amides is 1. The minimum atomic E-state index is -0.458. The topological polar surface area (TPSA) is 72.6 Å². The number of nitrogens with two attached hydrogens (primary N) is 1. The first-order valence-corrected chi connectivity index (χ1v) is 7.47. The van der Waals surface area contributed by atoms with Crippen LogP contribution in [0.15, 0.2) is 18.2 Å². The molecule has 2 amide bonds. The monoisotopic (exact) mass is 328 g/mol. The van der Waals surface area contributed by atoms with E-state index in [4.69, 9.17) is 22.1 Å². The molecule has 1 aliphatic heterocycles. The minimum absolute atomic E-state index is 0.132. The van der Waals surface area contributed by atoms with E-state index in [0.29, 0.717) is 19.5 Å². The van der Waals surface area contributed by atoms with Crippen LogP contribution in [-0.2, 0) is 9.59 Å². The molecule has 120 valence electrons. The number of nitrogens with zero attached hydrogens (tertiary/aromatic N) is 1. The molecule has 0 atom stereocenters. The van der Waals surface area contributed by atoms with Gasteiger partial charge >= 0.3 is 0 Å². The number of rotatable bonds is 5. The van der Waals surface area contributed by atoms with E-state index < -0.39 is 5.82 Å². The SMILES string of the molecule is NC(=O)CC1CCN(C(=O)COc2ccc(F)cc2Cl)CC1. The average molecular weight is 329 g/mol. The highest BCUT2D eigenvalue weighted by molar-refractivity contribution is 6.32. The first-order valence-electron chi connectivity index (χ1n) is 7.09. The number of likely N-dealkylation sites (tertiary alicyclic amines) is 1. The van der Waals surface area contributed by atoms with Gasteiger partial charge in [0.05, 0.1) is 5.02 Å². The van der Waals surface area contributed by atoms with Crippen molar-refractivity contribution in [3.63, 3.8) is 0 Å². The third-order valence-corrected chi connectivity index (χ3v) is 4.00. The van der Waals surface area contributed by atoms with Gasteiger partial charge < -0.3 is 15.4 Å². The van der Waals surface area contributed by atoms with Crippen molar-refractivity contribution in [2.24, 2.45) is 11.7 Å². The molecular weight excluding hydrogens is 311 g/mol. The van der Waals surface area contributed by atoms with Crippen LogP contribution < -0.4 is 10.5 Å². The Morgan fingerprint density at radius 2 is 2.05 bits per heavy atom. The van der Waals surface area contributed by atoms with E-state index in [1.165, 1.54) is 12.1 Å². The summed E-state index contributed by atoms with van der Waals surface area (Å²) in [6, 6.07) is 3.75. The van der Waals surface area contributed by atoms with Gasteiger partial charge in [-0.2, -0.15) is 0 Å². The Balaban J connectivity index is 1.80. The number of halogens is 2. The predicted octanol–water partition coefficient (Wildman–Crippen LogP) is 1.97. The minimum Gasteiger partial charge on any atom is -0.482 e. The highest BCUT2D eigenvalue weighted by Gasteiger charge is 2.24. The molecule has 1 saturated heterocycles. The van der Waals surface area contributed by atoms with E-state index >= 15 is 0 Å². The van der Waals surface area contributed by atoms with Crippen LogP contribution in [0.2, 0.25) is 5.02 Å². The first-order chi connectivity index (χ1) is 10.5. The van der Waals surface area contributed by atoms with Crippen LogP contribution in [0.1, 0.15) is 19.3 Å². The Morgan fingerprint density at radius 1 is 1.36 bits per heavy atom. The number of hydrogen-bond acceptors (Lipinski definition) is 3. The van der Waals surface area contributed by atoms with Crippen molar-refractivity contribution in [2.75, 3.05) is 19.7 Å². The zero-order valence-corrected chi connectivity index (χ0v) is 12.8. The van der Waals surface area contributed by atoms with Crippen LogP contribution in [0.25, 0.3) is 0 Å². The largest absolute Gasteiger partial charge is 0.482 e. The van der Waals surface area contributed by atoms with E-state index in [0.717, 1.165) is 18.9 Å². The Morgan fingerprint density at radius 3 is 2.64 bits per heavy atom. The van der Waals surface area contributed by atoms with Crippen LogP contribution in [0.3, 0.4) is 0 Å². The molecule has 0 aromatic heterocycles. The van der Waals surface area contributed by atoms with Crippen molar-refractivity contribution in [1.29, 1.82) is 0 Å². The third kappa shape index (κ3) is 4.59. The second-order valence-electron chi connectivity index (χ2n) is 5.36. The van der Waals surface area contributed by atoms with Gasteiger partial charge in [0, 0.05) is 19.5 Å². The summed E-state index contributed by atoms with van der Waals surface area (Å²) in [4.78, 5) is 24.6. The number of piperidine rings is 1. The maximum absolute atomic E-state index is 12.9. The van der Waals surface area contributed by atoms with Crippen LogP contribution in [0.4, 0.5) is 4.39 Å². The molecule has 0 aliphatic carbocycles. The zero-order valence-electron chi connectivity index (χ0n) is 12.1. The van der Waals surface area contributed by atoms with Gasteiger partial charge in [-0.1, -0.05) is 11.6 Å². The summed E-state index contributed by atoms with van der Waals surface area (Å²) in [6.07, 6.45) is 1.88.